The molecule has 1 aromatic heterocycles. The lowest BCUT2D eigenvalue weighted by Gasteiger charge is -2.23. The first-order valence-electron chi connectivity index (χ1n) is 6.12. The highest BCUT2D eigenvalue weighted by atomic mass is 79.9. The van der Waals surface area contributed by atoms with E-state index in [1.54, 1.807) is 6.26 Å². The Labute approximate surface area is 106 Å². The molecular formula is C14H19BrO. The van der Waals surface area contributed by atoms with Gasteiger partial charge >= 0.3 is 0 Å². The highest BCUT2D eigenvalue weighted by Crippen LogP contribution is 2.32. The van der Waals surface area contributed by atoms with Gasteiger partial charge in [-0.05, 0) is 43.4 Å². The largest absolute Gasteiger partial charge is 0.465 e. The van der Waals surface area contributed by atoms with Crippen LogP contribution in [0.4, 0.5) is 0 Å². The van der Waals surface area contributed by atoms with E-state index in [0.717, 1.165) is 17.0 Å². The van der Waals surface area contributed by atoms with E-state index < -0.39 is 0 Å². The van der Waals surface area contributed by atoms with Crippen molar-refractivity contribution in [1.82, 2.24) is 0 Å². The smallest absolute Gasteiger partial charge is 0.129 e. The first-order chi connectivity index (χ1) is 7.81. The normalized spacial score (nSPS) is 19.0. The van der Waals surface area contributed by atoms with Crippen molar-refractivity contribution in [3.8, 4) is 0 Å². The predicted octanol–water partition coefficient (Wildman–Crippen LogP) is 4.95. The summed E-state index contributed by atoms with van der Waals surface area (Å²) < 4.78 is 5.49. The molecule has 0 aromatic carbocycles. The Hall–Kier alpha value is -0.500. The summed E-state index contributed by atoms with van der Waals surface area (Å²) in [4.78, 5) is 0. The van der Waals surface area contributed by atoms with Crippen LogP contribution < -0.4 is 0 Å². The first kappa shape index (κ1) is 12.0. The van der Waals surface area contributed by atoms with Crippen LogP contribution in [-0.2, 0) is 0 Å². The van der Waals surface area contributed by atoms with Crippen LogP contribution in [0.2, 0.25) is 0 Å². The first-order valence-corrected chi connectivity index (χ1v) is 7.24. The number of aryl methyl sites for hydroxylation is 1. The SMILES string of the molecule is Cc1ccoc1/C=C(/CBr)C1CCCCC1. The van der Waals surface area contributed by atoms with Crippen molar-refractivity contribution in [1.29, 1.82) is 0 Å². The molecule has 2 rings (SSSR count). The molecule has 16 heavy (non-hydrogen) atoms. The summed E-state index contributed by atoms with van der Waals surface area (Å²) in [5.74, 6) is 1.79. The van der Waals surface area contributed by atoms with Gasteiger partial charge in [0.25, 0.3) is 0 Å². The topological polar surface area (TPSA) is 13.1 Å². The maximum absolute atomic E-state index is 5.49. The number of allylic oxidation sites excluding steroid dienone is 1. The van der Waals surface area contributed by atoms with E-state index in [1.807, 2.05) is 6.07 Å². The van der Waals surface area contributed by atoms with Gasteiger partial charge in [0.15, 0.2) is 0 Å². The second-order valence-electron chi connectivity index (χ2n) is 4.66. The van der Waals surface area contributed by atoms with Crippen molar-refractivity contribution in [3.63, 3.8) is 0 Å². The quantitative estimate of drug-likeness (QED) is 0.715. The number of alkyl halides is 1. The van der Waals surface area contributed by atoms with Crippen molar-refractivity contribution in [2.45, 2.75) is 39.0 Å². The molecule has 0 amide bonds. The lowest BCUT2D eigenvalue weighted by atomic mass is 9.84. The fraction of sp³-hybridized carbons (Fsp3) is 0.571. The molecule has 1 aliphatic carbocycles. The molecular weight excluding hydrogens is 264 g/mol. The summed E-state index contributed by atoms with van der Waals surface area (Å²) in [5.41, 5.74) is 2.73. The molecule has 1 aromatic rings. The molecule has 0 N–H and O–H groups in total. The second-order valence-corrected chi connectivity index (χ2v) is 5.22. The Balaban J connectivity index is 2.14. The van der Waals surface area contributed by atoms with Gasteiger partial charge in [-0.25, -0.2) is 0 Å². The Morgan fingerprint density at radius 1 is 1.44 bits per heavy atom. The van der Waals surface area contributed by atoms with Crippen molar-refractivity contribution in [2.75, 3.05) is 5.33 Å². The lowest BCUT2D eigenvalue weighted by molar-refractivity contribution is 0.405. The zero-order chi connectivity index (χ0) is 11.4. The van der Waals surface area contributed by atoms with Gasteiger partial charge in [0.1, 0.15) is 5.76 Å². The third-order valence-corrected chi connectivity index (χ3v) is 4.15. The van der Waals surface area contributed by atoms with Crippen LogP contribution in [0, 0.1) is 12.8 Å². The van der Waals surface area contributed by atoms with E-state index in [4.69, 9.17) is 4.42 Å². The number of halogens is 1. The number of furan rings is 1. The van der Waals surface area contributed by atoms with E-state index in [0.29, 0.717) is 0 Å². The van der Waals surface area contributed by atoms with Gasteiger partial charge in [-0.15, -0.1) is 0 Å². The Morgan fingerprint density at radius 2 is 2.19 bits per heavy atom. The monoisotopic (exact) mass is 282 g/mol. The molecule has 1 fully saturated rings. The van der Waals surface area contributed by atoms with Crippen LogP contribution in [-0.4, -0.2) is 5.33 Å². The standard InChI is InChI=1S/C14H19BrO/c1-11-7-8-16-14(11)9-13(10-15)12-5-3-2-4-6-12/h7-9,12H,2-6,10H2,1H3/b13-9-. The minimum absolute atomic E-state index is 0.762. The summed E-state index contributed by atoms with van der Waals surface area (Å²) in [6, 6.07) is 2.03. The maximum atomic E-state index is 5.49. The van der Waals surface area contributed by atoms with Crippen LogP contribution >= 0.6 is 15.9 Å². The molecule has 88 valence electrons. The molecule has 0 unspecified atom stereocenters. The highest BCUT2D eigenvalue weighted by Gasteiger charge is 2.17. The van der Waals surface area contributed by atoms with E-state index in [-0.39, 0.29) is 0 Å². The van der Waals surface area contributed by atoms with Crippen molar-refractivity contribution in [2.24, 2.45) is 5.92 Å². The summed E-state index contributed by atoms with van der Waals surface area (Å²) in [6.45, 7) is 2.10. The van der Waals surface area contributed by atoms with Crippen molar-refractivity contribution < 1.29 is 4.42 Å². The Bertz CT molecular complexity index is 359. The minimum Gasteiger partial charge on any atom is -0.465 e. The fourth-order valence-corrected chi connectivity index (χ4v) is 3.06. The van der Waals surface area contributed by atoms with E-state index in [1.165, 1.54) is 43.2 Å². The molecule has 0 radical (unpaired) electrons. The van der Waals surface area contributed by atoms with Crippen LogP contribution in [0.1, 0.15) is 43.4 Å². The molecule has 0 spiro atoms. The molecule has 2 heteroatoms. The zero-order valence-corrected chi connectivity index (χ0v) is 11.4. The lowest BCUT2D eigenvalue weighted by Crippen LogP contribution is -2.10. The van der Waals surface area contributed by atoms with Gasteiger partial charge in [0, 0.05) is 5.33 Å². The van der Waals surface area contributed by atoms with E-state index in [9.17, 15) is 0 Å². The summed E-state index contributed by atoms with van der Waals surface area (Å²) >= 11 is 3.61. The average Bonchev–Trinajstić information content (AvgIpc) is 2.73. The van der Waals surface area contributed by atoms with Gasteiger partial charge in [-0.3, -0.25) is 0 Å². The molecule has 1 saturated carbocycles. The number of hydrogen-bond donors (Lipinski definition) is 0. The second kappa shape index (κ2) is 5.72. The minimum atomic E-state index is 0.762. The van der Waals surface area contributed by atoms with Crippen LogP contribution in [0.3, 0.4) is 0 Å². The summed E-state index contributed by atoms with van der Waals surface area (Å²) in [5, 5.41) is 0.970. The fourth-order valence-electron chi connectivity index (χ4n) is 2.44. The zero-order valence-electron chi connectivity index (χ0n) is 9.84. The third-order valence-electron chi connectivity index (χ3n) is 3.50. The van der Waals surface area contributed by atoms with Gasteiger partial charge in [-0.2, -0.15) is 0 Å². The average molecular weight is 283 g/mol. The Morgan fingerprint density at radius 3 is 2.75 bits per heavy atom. The molecule has 0 atom stereocenters. The highest BCUT2D eigenvalue weighted by molar-refractivity contribution is 9.09. The summed E-state index contributed by atoms with van der Waals surface area (Å²) in [6.07, 6.45) is 10.9. The maximum Gasteiger partial charge on any atom is 0.129 e. The third kappa shape index (κ3) is 2.79. The van der Waals surface area contributed by atoms with E-state index in [2.05, 4.69) is 28.9 Å². The van der Waals surface area contributed by atoms with Gasteiger partial charge in [0.2, 0.25) is 0 Å². The van der Waals surface area contributed by atoms with E-state index >= 15 is 0 Å². The summed E-state index contributed by atoms with van der Waals surface area (Å²) in [7, 11) is 0. The molecule has 1 nitrogen and oxygen atoms in total. The molecule has 0 aliphatic heterocycles. The van der Waals surface area contributed by atoms with Crippen LogP contribution in [0.5, 0.6) is 0 Å². The van der Waals surface area contributed by atoms with Crippen molar-refractivity contribution in [3.05, 3.63) is 29.2 Å². The Kier molecular flexibility index (Phi) is 4.28. The predicted molar refractivity (Wildman–Crippen MR) is 71.8 cm³/mol. The van der Waals surface area contributed by atoms with Crippen LogP contribution in [0.15, 0.2) is 22.3 Å². The van der Waals surface area contributed by atoms with Gasteiger partial charge in [0.05, 0.1) is 6.26 Å². The number of rotatable bonds is 3. The van der Waals surface area contributed by atoms with Crippen molar-refractivity contribution >= 4 is 22.0 Å². The van der Waals surface area contributed by atoms with Gasteiger partial charge in [-0.1, -0.05) is 40.8 Å². The molecule has 0 bridgehead atoms. The molecule has 1 aliphatic rings. The molecule has 1 heterocycles. The van der Waals surface area contributed by atoms with Gasteiger partial charge < -0.3 is 4.42 Å². The number of hydrogen-bond acceptors (Lipinski definition) is 1. The molecule has 0 saturated heterocycles. The van der Waals surface area contributed by atoms with Crippen LogP contribution in [0.25, 0.3) is 6.08 Å².